The molecule has 5 rings (SSSR count). The minimum atomic E-state index is -0.948. The van der Waals surface area contributed by atoms with Crippen molar-refractivity contribution >= 4 is 39.5 Å². The monoisotopic (exact) mass is 500 g/mol. The fraction of sp³-hybridized carbons (Fsp3) is 0.250. The van der Waals surface area contributed by atoms with Gasteiger partial charge in [0.2, 0.25) is 0 Å². The molecule has 190 valence electrons. The summed E-state index contributed by atoms with van der Waals surface area (Å²) in [7, 11) is 0. The summed E-state index contributed by atoms with van der Waals surface area (Å²) >= 11 is 0. The molecule has 5 aromatic rings. The van der Waals surface area contributed by atoms with E-state index in [1.165, 1.54) is 17.3 Å². The summed E-state index contributed by atoms with van der Waals surface area (Å²) < 4.78 is 17.7. The van der Waals surface area contributed by atoms with E-state index in [0.717, 1.165) is 33.2 Å². The van der Waals surface area contributed by atoms with E-state index in [1.54, 1.807) is 12.1 Å². The second kappa shape index (κ2) is 9.57. The topological polar surface area (TPSA) is 88.2 Å². The number of halogens is 1. The number of amides is 1. The van der Waals surface area contributed by atoms with Crippen LogP contribution in [-0.4, -0.2) is 47.3 Å². The van der Waals surface area contributed by atoms with Gasteiger partial charge in [-0.15, -0.1) is 0 Å². The summed E-state index contributed by atoms with van der Waals surface area (Å²) in [6.45, 7) is 7.03. The van der Waals surface area contributed by atoms with E-state index in [4.69, 9.17) is 0 Å². The first kappa shape index (κ1) is 24.3. The van der Waals surface area contributed by atoms with E-state index in [-0.39, 0.29) is 5.82 Å². The molecule has 0 bridgehead atoms. The van der Waals surface area contributed by atoms with Crippen LogP contribution in [0.15, 0.2) is 73.3 Å². The van der Waals surface area contributed by atoms with Crippen molar-refractivity contribution in [2.45, 2.75) is 39.4 Å². The summed E-state index contributed by atoms with van der Waals surface area (Å²) in [4.78, 5) is 22.1. The molecule has 8 nitrogen and oxygen atoms in total. The highest BCUT2D eigenvalue weighted by Crippen LogP contribution is 2.27. The van der Waals surface area contributed by atoms with Crippen LogP contribution in [-0.2, 0) is 13.1 Å². The predicted octanol–water partition coefficient (Wildman–Crippen LogP) is 6.10. The van der Waals surface area contributed by atoms with Gasteiger partial charge in [0.1, 0.15) is 17.7 Å². The lowest BCUT2D eigenvalue weighted by Crippen LogP contribution is -2.46. The van der Waals surface area contributed by atoms with E-state index in [0.29, 0.717) is 25.5 Å². The van der Waals surface area contributed by atoms with Crippen LogP contribution < -0.4 is 5.32 Å². The van der Waals surface area contributed by atoms with Gasteiger partial charge in [-0.2, -0.15) is 0 Å². The number of benzene rings is 2. The molecule has 2 N–H and O–H groups in total. The van der Waals surface area contributed by atoms with Crippen molar-refractivity contribution in [2.75, 3.05) is 11.9 Å². The SMILES string of the molecule is CC(C)(C)N(CCn1ccc2ncnc(Nc3ccc4c(ccn4Cc4cccc(F)c4)c3)c21)C(=O)O. The third kappa shape index (κ3) is 5.11. The molecule has 0 unspecified atom stereocenters. The van der Waals surface area contributed by atoms with Crippen molar-refractivity contribution in [3.8, 4) is 0 Å². The Morgan fingerprint density at radius 1 is 1.05 bits per heavy atom. The Morgan fingerprint density at radius 2 is 1.86 bits per heavy atom. The van der Waals surface area contributed by atoms with Gasteiger partial charge in [0.15, 0.2) is 5.82 Å². The third-order valence-electron chi connectivity index (χ3n) is 6.43. The van der Waals surface area contributed by atoms with Crippen LogP contribution in [0.25, 0.3) is 21.9 Å². The largest absolute Gasteiger partial charge is 0.465 e. The Bertz CT molecular complexity index is 1580. The van der Waals surface area contributed by atoms with Gasteiger partial charge in [0.25, 0.3) is 0 Å². The summed E-state index contributed by atoms with van der Waals surface area (Å²) in [6.07, 6.45) is 4.47. The minimum Gasteiger partial charge on any atom is -0.465 e. The first-order valence-electron chi connectivity index (χ1n) is 12.1. The summed E-state index contributed by atoms with van der Waals surface area (Å²) in [5, 5.41) is 14.1. The highest BCUT2D eigenvalue weighted by atomic mass is 19.1. The quantitative estimate of drug-likeness (QED) is 0.282. The molecule has 1 amide bonds. The Balaban J connectivity index is 1.39. The highest BCUT2D eigenvalue weighted by Gasteiger charge is 2.26. The molecule has 0 saturated carbocycles. The first-order valence-corrected chi connectivity index (χ1v) is 12.1. The molecule has 0 aliphatic heterocycles. The van der Waals surface area contributed by atoms with Gasteiger partial charge in [0.05, 0.1) is 5.52 Å². The zero-order valence-electron chi connectivity index (χ0n) is 21.0. The molecule has 0 radical (unpaired) electrons. The molecule has 3 aromatic heterocycles. The second-order valence-corrected chi connectivity index (χ2v) is 10.0. The van der Waals surface area contributed by atoms with Gasteiger partial charge in [-0.05, 0) is 68.8 Å². The van der Waals surface area contributed by atoms with Gasteiger partial charge >= 0.3 is 6.09 Å². The standard InChI is InChI=1S/C28H29FN6O2/c1-28(2,3)35(27(36)37)14-13-33-12-10-23-25(33)26(31-18-30-23)32-22-7-8-24-20(16-22)9-11-34(24)17-19-5-4-6-21(29)15-19/h4-12,15-16,18H,13-14,17H2,1-3H3,(H,36,37)(H,30,31,32). The van der Waals surface area contributed by atoms with E-state index in [1.807, 2.05) is 74.1 Å². The number of hydrogen-bond acceptors (Lipinski definition) is 4. The van der Waals surface area contributed by atoms with Crippen molar-refractivity contribution < 1.29 is 14.3 Å². The number of carboxylic acid groups (broad SMARTS) is 1. The minimum absolute atomic E-state index is 0.240. The molecule has 0 fully saturated rings. The Morgan fingerprint density at radius 3 is 2.62 bits per heavy atom. The lowest BCUT2D eigenvalue weighted by Gasteiger charge is -2.33. The number of fused-ring (bicyclic) bond motifs is 2. The van der Waals surface area contributed by atoms with Gasteiger partial charge in [-0.3, -0.25) is 0 Å². The van der Waals surface area contributed by atoms with Crippen molar-refractivity contribution in [2.24, 2.45) is 0 Å². The summed E-state index contributed by atoms with van der Waals surface area (Å²) in [5.74, 6) is 0.404. The Hall–Kier alpha value is -4.40. The van der Waals surface area contributed by atoms with Crippen molar-refractivity contribution in [1.29, 1.82) is 0 Å². The van der Waals surface area contributed by atoms with Gasteiger partial charge < -0.3 is 24.5 Å². The van der Waals surface area contributed by atoms with Crippen LogP contribution >= 0.6 is 0 Å². The molecule has 0 saturated heterocycles. The molecular formula is C28H29FN6O2. The van der Waals surface area contributed by atoms with Crippen LogP contribution in [0.4, 0.5) is 20.7 Å². The molecule has 37 heavy (non-hydrogen) atoms. The van der Waals surface area contributed by atoms with Crippen LogP contribution in [0.2, 0.25) is 0 Å². The summed E-state index contributed by atoms with van der Waals surface area (Å²) in [5.41, 5.74) is 3.89. The normalized spacial score (nSPS) is 11.8. The average molecular weight is 501 g/mol. The van der Waals surface area contributed by atoms with Crippen molar-refractivity contribution in [1.82, 2.24) is 24.0 Å². The maximum absolute atomic E-state index is 13.6. The van der Waals surface area contributed by atoms with E-state index >= 15 is 0 Å². The second-order valence-electron chi connectivity index (χ2n) is 10.0. The van der Waals surface area contributed by atoms with E-state index in [2.05, 4.69) is 19.9 Å². The number of carbonyl (C=O) groups is 1. The zero-order chi connectivity index (χ0) is 26.2. The zero-order valence-corrected chi connectivity index (χ0v) is 21.0. The fourth-order valence-electron chi connectivity index (χ4n) is 4.62. The lowest BCUT2D eigenvalue weighted by molar-refractivity contribution is 0.0981. The maximum Gasteiger partial charge on any atom is 0.407 e. The highest BCUT2D eigenvalue weighted by molar-refractivity contribution is 5.90. The van der Waals surface area contributed by atoms with Gasteiger partial charge in [-0.1, -0.05) is 12.1 Å². The number of nitrogens with zero attached hydrogens (tertiary/aromatic N) is 5. The molecule has 2 aromatic carbocycles. The van der Waals surface area contributed by atoms with E-state index < -0.39 is 11.6 Å². The number of hydrogen-bond donors (Lipinski definition) is 2. The van der Waals surface area contributed by atoms with Crippen LogP contribution in [0, 0.1) is 5.82 Å². The molecule has 3 heterocycles. The lowest BCUT2D eigenvalue weighted by atomic mass is 10.1. The Kier molecular flexibility index (Phi) is 6.29. The predicted molar refractivity (Wildman–Crippen MR) is 143 cm³/mol. The molecule has 0 aliphatic carbocycles. The molecule has 9 heteroatoms. The van der Waals surface area contributed by atoms with Gasteiger partial charge in [0, 0.05) is 54.2 Å². The third-order valence-corrected chi connectivity index (χ3v) is 6.43. The van der Waals surface area contributed by atoms with Crippen molar-refractivity contribution in [3.05, 3.63) is 84.7 Å². The fourth-order valence-corrected chi connectivity index (χ4v) is 4.62. The molecule has 0 aliphatic rings. The maximum atomic E-state index is 13.6. The van der Waals surface area contributed by atoms with Crippen LogP contribution in [0.3, 0.4) is 0 Å². The molecule has 0 spiro atoms. The average Bonchev–Trinajstić information content (AvgIpc) is 3.43. The number of aromatic nitrogens is 4. The van der Waals surface area contributed by atoms with E-state index in [9.17, 15) is 14.3 Å². The van der Waals surface area contributed by atoms with Crippen LogP contribution in [0.1, 0.15) is 26.3 Å². The van der Waals surface area contributed by atoms with Crippen LogP contribution in [0.5, 0.6) is 0 Å². The molecular weight excluding hydrogens is 471 g/mol. The summed E-state index contributed by atoms with van der Waals surface area (Å²) in [6, 6.07) is 16.6. The first-order chi connectivity index (χ1) is 17.7. The number of anilines is 2. The number of rotatable bonds is 7. The Labute approximate surface area is 214 Å². The number of nitrogens with one attached hydrogen (secondary N) is 1. The molecule has 0 atom stereocenters. The van der Waals surface area contributed by atoms with Crippen molar-refractivity contribution in [3.63, 3.8) is 0 Å². The smallest absolute Gasteiger partial charge is 0.407 e. The van der Waals surface area contributed by atoms with Gasteiger partial charge in [-0.25, -0.2) is 19.2 Å².